The van der Waals surface area contributed by atoms with Gasteiger partial charge in [0.25, 0.3) is 0 Å². The van der Waals surface area contributed by atoms with E-state index in [0.29, 0.717) is 5.75 Å². The highest BCUT2D eigenvalue weighted by Crippen LogP contribution is 2.41. The number of hydrogen-bond acceptors (Lipinski definition) is 4. The zero-order valence-corrected chi connectivity index (χ0v) is 23.1. The molecule has 3 nitrogen and oxygen atoms in total. The van der Waals surface area contributed by atoms with Crippen molar-refractivity contribution in [3.8, 4) is 17.0 Å². The van der Waals surface area contributed by atoms with E-state index in [1.165, 1.54) is 5.56 Å². The number of rotatable bonds is 5. The van der Waals surface area contributed by atoms with Crippen molar-refractivity contribution in [2.75, 3.05) is 13.1 Å². The number of thioether (sulfide) groups is 1. The van der Waals surface area contributed by atoms with E-state index >= 15 is 0 Å². The number of alkyl halides is 3. The maximum Gasteiger partial charge on any atom is 0.416 e. The second-order valence-corrected chi connectivity index (χ2v) is 12.5. The quantitative estimate of drug-likeness (QED) is 0.326. The molecule has 2 aromatic carbocycles. The lowest BCUT2D eigenvalue weighted by molar-refractivity contribution is -0.137. The van der Waals surface area contributed by atoms with E-state index in [0.717, 1.165) is 84.8 Å². The SMILES string of the molecule is CC(C)(C)N1CCC2(CCc3cc(-c4ccc(CSCc5ccc(C(F)(F)F)cc5)cn4)ccc3O2)CC1. The van der Waals surface area contributed by atoms with Gasteiger partial charge in [0.05, 0.1) is 11.3 Å². The predicted octanol–water partition coefficient (Wildman–Crippen LogP) is 8.16. The molecular formula is C31H35F3N2OS. The first-order chi connectivity index (χ1) is 18.0. The lowest BCUT2D eigenvalue weighted by atomic mass is 9.81. The van der Waals surface area contributed by atoms with Crippen LogP contribution in [0.1, 0.15) is 62.3 Å². The zero-order valence-electron chi connectivity index (χ0n) is 22.3. The van der Waals surface area contributed by atoms with Gasteiger partial charge < -0.3 is 4.74 Å². The van der Waals surface area contributed by atoms with Crippen molar-refractivity contribution in [3.63, 3.8) is 0 Å². The Kier molecular flexibility index (Phi) is 7.53. The number of fused-ring (bicyclic) bond motifs is 1. The Balaban J connectivity index is 1.16. The molecule has 0 unspecified atom stereocenters. The van der Waals surface area contributed by atoms with Crippen LogP contribution in [-0.2, 0) is 24.1 Å². The fourth-order valence-electron chi connectivity index (χ4n) is 5.37. The number of hydrogen-bond donors (Lipinski definition) is 0. The van der Waals surface area contributed by atoms with Crippen LogP contribution < -0.4 is 4.74 Å². The second kappa shape index (κ2) is 10.6. The minimum Gasteiger partial charge on any atom is -0.487 e. The van der Waals surface area contributed by atoms with Gasteiger partial charge in [-0.3, -0.25) is 9.88 Å². The number of ether oxygens (including phenoxy) is 1. The van der Waals surface area contributed by atoms with Gasteiger partial charge >= 0.3 is 6.18 Å². The molecule has 0 amide bonds. The van der Waals surface area contributed by atoms with Gasteiger partial charge in [0.2, 0.25) is 0 Å². The predicted molar refractivity (Wildman–Crippen MR) is 148 cm³/mol. The summed E-state index contributed by atoms with van der Waals surface area (Å²) in [7, 11) is 0. The summed E-state index contributed by atoms with van der Waals surface area (Å²) in [6.07, 6.45) is 1.83. The third-order valence-electron chi connectivity index (χ3n) is 7.80. The van der Waals surface area contributed by atoms with Crippen LogP contribution in [0.2, 0.25) is 0 Å². The van der Waals surface area contributed by atoms with Crippen LogP contribution in [0.15, 0.2) is 60.8 Å². The number of benzene rings is 2. The molecule has 0 saturated carbocycles. The van der Waals surface area contributed by atoms with Gasteiger partial charge in [-0.05, 0) is 99.5 Å². The van der Waals surface area contributed by atoms with Gasteiger partial charge in [-0.15, -0.1) is 0 Å². The molecule has 7 heteroatoms. The molecule has 3 heterocycles. The van der Waals surface area contributed by atoms with Crippen LogP contribution in [-0.4, -0.2) is 34.1 Å². The summed E-state index contributed by atoms with van der Waals surface area (Å²) in [5, 5.41) is 0. The molecule has 3 aromatic rings. The van der Waals surface area contributed by atoms with Gasteiger partial charge in [0.1, 0.15) is 11.4 Å². The Morgan fingerprint density at radius 1 is 0.895 bits per heavy atom. The van der Waals surface area contributed by atoms with Crippen LogP contribution in [0.4, 0.5) is 13.2 Å². The van der Waals surface area contributed by atoms with Crippen molar-refractivity contribution in [1.29, 1.82) is 0 Å². The summed E-state index contributed by atoms with van der Waals surface area (Å²) < 4.78 is 44.8. The standard InChI is InChI=1S/C31H35F3N2OS/c1-29(2,3)36-16-14-30(15-17-36)13-12-25-18-24(7-11-28(25)37-30)27-10-6-23(19-35-27)21-38-20-22-4-8-26(9-5-22)31(32,33)34/h4-11,18-19H,12-17,20-21H2,1-3H3. The van der Waals surface area contributed by atoms with Crippen molar-refractivity contribution in [1.82, 2.24) is 9.88 Å². The summed E-state index contributed by atoms with van der Waals surface area (Å²) >= 11 is 1.66. The third kappa shape index (κ3) is 6.20. The number of likely N-dealkylation sites (tertiary alicyclic amines) is 1. The summed E-state index contributed by atoms with van der Waals surface area (Å²) in [6, 6.07) is 15.9. The first kappa shape index (κ1) is 27.1. The van der Waals surface area contributed by atoms with Crippen LogP contribution in [0.5, 0.6) is 5.75 Å². The maximum atomic E-state index is 12.7. The molecule has 1 aromatic heterocycles. The summed E-state index contributed by atoms with van der Waals surface area (Å²) in [5.74, 6) is 2.42. The lowest BCUT2D eigenvalue weighted by Crippen LogP contribution is -2.54. The van der Waals surface area contributed by atoms with Gasteiger partial charge in [-0.1, -0.05) is 18.2 Å². The molecule has 1 saturated heterocycles. The van der Waals surface area contributed by atoms with E-state index in [1.54, 1.807) is 23.9 Å². The molecule has 38 heavy (non-hydrogen) atoms. The van der Waals surface area contributed by atoms with E-state index in [9.17, 15) is 13.2 Å². The average molecular weight is 541 g/mol. The lowest BCUT2D eigenvalue weighted by Gasteiger charge is -2.48. The Bertz CT molecular complexity index is 1240. The maximum absolute atomic E-state index is 12.7. The van der Waals surface area contributed by atoms with Crippen LogP contribution in [0.25, 0.3) is 11.3 Å². The van der Waals surface area contributed by atoms with Gasteiger partial charge in [-0.25, -0.2) is 0 Å². The molecule has 0 aliphatic carbocycles. The summed E-state index contributed by atoms with van der Waals surface area (Å²) in [4.78, 5) is 7.25. The first-order valence-electron chi connectivity index (χ1n) is 13.3. The van der Waals surface area contributed by atoms with Crippen molar-refractivity contribution in [2.45, 2.75) is 75.3 Å². The average Bonchev–Trinajstić information content (AvgIpc) is 2.88. The molecule has 0 bridgehead atoms. The van der Waals surface area contributed by atoms with Gasteiger partial charge in [0, 0.05) is 41.9 Å². The molecule has 2 aliphatic heterocycles. The Morgan fingerprint density at radius 2 is 1.58 bits per heavy atom. The monoisotopic (exact) mass is 540 g/mol. The van der Waals surface area contributed by atoms with Crippen molar-refractivity contribution >= 4 is 11.8 Å². The van der Waals surface area contributed by atoms with E-state index in [4.69, 9.17) is 9.72 Å². The van der Waals surface area contributed by atoms with Crippen molar-refractivity contribution in [3.05, 3.63) is 83.0 Å². The molecule has 1 fully saturated rings. The molecule has 0 radical (unpaired) electrons. The largest absolute Gasteiger partial charge is 0.487 e. The topological polar surface area (TPSA) is 25.4 Å². The van der Waals surface area contributed by atoms with Crippen LogP contribution in [0, 0.1) is 0 Å². The minimum absolute atomic E-state index is 0.0335. The second-order valence-electron chi connectivity index (χ2n) is 11.5. The molecule has 0 N–H and O–H groups in total. The van der Waals surface area contributed by atoms with Crippen molar-refractivity contribution < 1.29 is 17.9 Å². The fourth-order valence-corrected chi connectivity index (χ4v) is 6.31. The summed E-state index contributed by atoms with van der Waals surface area (Å²) in [5.41, 5.74) is 4.81. The van der Waals surface area contributed by atoms with E-state index in [-0.39, 0.29) is 11.1 Å². The Labute approximate surface area is 227 Å². The number of aryl methyl sites for hydroxylation is 1. The molecule has 2 aliphatic rings. The molecule has 202 valence electrons. The minimum atomic E-state index is -4.30. The fraction of sp³-hybridized carbons (Fsp3) is 0.452. The number of pyridine rings is 1. The van der Waals surface area contributed by atoms with Gasteiger partial charge in [0.15, 0.2) is 0 Å². The Hall–Kier alpha value is -2.51. The number of nitrogens with zero attached hydrogens (tertiary/aromatic N) is 2. The van der Waals surface area contributed by atoms with Crippen LogP contribution in [0.3, 0.4) is 0 Å². The smallest absolute Gasteiger partial charge is 0.416 e. The van der Waals surface area contributed by atoms with E-state index < -0.39 is 11.7 Å². The number of aromatic nitrogens is 1. The highest BCUT2D eigenvalue weighted by Gasteiger charge is 2.41. The van der Waals surface area contributed by atoms with Crippen LogP contribution >= 0.6 is 11.8 Å². The van der Waals surface area contributed by atoms with Crippen molar-refractivity contribution in [2.24, 2.45) is 0 Å². The molecule has 0 atom stereocenters. The van der Waals surface area contributed by atoms with E-state index in [1.807, 2.05) is 12.3 Å². The molecule has 5 rings (SSSR count). The Morgan fingerprint density at radius 3 is 2.21 bits per heavy atom. The third-order valence-corrected chi connectivity index (χ3v) is 8.87. The zero-order chi connectivity index (χ0) is 27.0. The normalized spacial score (nSPS) is 17.7. The van der Waals surface area contributed by atoms with E-state index in [2.05, 4.69) is 49.9 Å². The first-order valence-corrected chi connectivity index (χ1v) is 14.4. The highest BCUT2D eigenvalue weighted by molar-refractivity contribution is 7.97. The molecular weight excluding hydrogens is 505 g/mol. The number of halogens is 3. The summed E-state index contributed by atoms with van der Waals surface area (Å²) in [6.45, 7) is 9.01. The highest BCUT2D eigenvalue weighted by atomic mass is 32.2. The molecule has 1 spiro atoms. The van der Waals surface area contributed by atoms with Gasteiger partial charge in [-0.2, -0.15) is 24.9 Å². The number of piperidine rings is 1.